The van der Waals surface area contributed by atoms with Crippen LogP contribution in [0.1, 0.15) is 20.3 Å². The van der Waals surface area contributed by atoms with Crippen molar-refractivity contribution in [1.29, 1.82) is 0 Å². The molecular weight excluding hydrogens is 320 g/mol. The Kier molecular flexibility index (Phi) is 5.85. The zero-order valence-corrected chi connectivity index (χ0v) is 14.4. The molecule has 0 saturated heterocycles. The zero-order chi connectivity index (χ0) is 16.1. The number of nitrogens with one attached hydrogen (secondary N) is 1. The van der Waals surface area contributed by atoms with Crippen LogP contribution in [0, 0.1) is 0 Å². The molecule has 22 heavy (non-hydrogen) atoms. The number of carbonyl (C=O) groups excluding carboxylic acids is 1. The number of thioether (sulfide) groups is 1. The molecule has 1 aromatic carbocycles. The van der Waals surface area contributed by atoms with Crippen molar-refractivity contribution in [3.05, 3.63) is 29.3 Å². The summed E-state index contributed by atoms with van der Waals surface area (Å²) in [5.74, 6) is 0.767. The molecule has 0 aliphatic rings. The fourth-order valence-corrected chi connectivity index (χ4v) is 2.84. The molecule has 5 nitrogen and oxygen atoms in total. The van der Waals surface area contributed by atoms with E-state index in [2.05, 4.69) is 15.5 Å². The lowest BCUT2D eigenvalue weighted by Gasteiger charge is -2.11. The lowest BCUT2D eigenvalue weighted by atomic mass is 10.2. The van der Waals surface area contributed by atoms with E-state index in [1.165, 1.54) is 11.8 Å². The number of hydrogen-bond donors (Lipinski definition) is 1. The number of halogens is 1. The smallest absolute Gasteiger partial charge is 0.233 e. The maximum absolute atomic E-state index is 11.9. The van der Waals surface area contributed by atoms with Crippen LogP contribution in [0.4, 0.5) is 0 Å². The molecule has 0 unspecified atom stereocenters. The highest BCUT2D eigenvalue weighted by Crippen LogP contribution is 2.26. The van der Waals surface area contributed by atoms with Crippen molar-refractivity contribution >= 4 is 29.3 Å². The van der Waals surface area contributed by atoms with E-state index in [1.807, 2.05) is 49.7 Å². The van der Waals surface area contributed by atoms with Crippen LogP contribution in [0.3, 0.4) is 0 Å². The van der Waals surface area contributed by atoms with Gasteiger partial charge in [0, 0.05) is 24.2 Å². The molecule has 2 aromatic rings. The molecule has 0 aliphatic carbocycles. The summed E-state index contributed by atoms with van der Waals surface area (Å²) in [6, 6.07) is 7.44. The van der Waals surface area contributed by atoms with E-state index in [9.17, 15) is 4.79 Å². The Morgan fingerprint density at radius 3 is 2.68 bits per heavy atom. The quantitative estimate of drug-likeness (QED) is 0.822. The number of carbonyl (C=O) groups is 1. The van der Waals surface area contributed by atoms with Gasteiger partial charge >= 0.3 is 0 Å². The standard InChI is InChI=1S/C15H19ClN4OS/c1-4-9-17-14(21)10(2)22-15-19-18-13(20(15)3)11-5-7-12(16)8-6-11/h5-8,10H,4,9H2,1-3H3,(H,17,21)/t10-/m0/s1. The average Bonchev–Trinajstić information content (AvgIpc) is 2.86. The third-order valence-electron chi connectivity index (χ3n) is 3.14. The van der Waals surface area contributed by atoms with Crippen LogP contribution < -0.4 is 5.32 Å². The van der Waals surface area contributed by atoms with Crippen molar-refractivity contribution in [1.82, 2.24) is 20.1 Å². The van der Waals surface area contributed by atoms with Gasteiger partial charge in [-0.25, -0.2) is 0 Å². The number of benzene rings is 1. The van der Waals surface area contributed by atoms with Crippen LogP contribution in [-0.4, -0.2) is 32.5 Å². The van der Waals surface area contributed by atoms with Gasteiger partial charge in [-0.1, -0.05) is 30.3 Å². The molecule has 0 aliphatic heterocycles. The monoisotopic (exact) mass is 338 g/mol. The predicted octanol–water partition coefficient (Wildman–Crippen LogP) is 3.14. The number of nitrogens with zero attached hydrogens (tertiary/aromatic N) is 3. The molecule has 1 heterocycles. The SMILES string of the molecule is CCCNC(=O)[C@H](C)Sc1nnc(-c2ccc(Cl)cc2)n1C. The molecule has 1 N–H and O–H groups in total. The summed E-state index contributed by atoms with van der Waals surface area (Å²) in [5, 5.41) is 12.5. The summed E-state index contributed by atoms with van der Waals surface area (Å²) in [6.07, 6.45) is 0.924. The fraction of sp³-hybridized carbons (Fsp3) is 0.400. The summed E-state index contributed by atoms with van der Waals surface area (Å²) in [4.78, 5) is 11.9. The minimum absolute atomic E-state index is 0.0166. The van der Waals surface area contributed by atoms with Gasteiger partial charge in [-0.2, -0.15) is 0 Å². The topological polar surface area (TPSA) is 59.8 Å². The Bertz CT molecular complexity index is 641. The highest BCUT2D eigenvalue weighted by Gasteiger charge is 2.18. The van der Waals surface area contributed by atoms with Crippen LogP contribution in [0.25, 0.3) is 11.4 Å². The largest absolute Gasteiger partial charge is 0.355 e. The van der Waals surface area contributed by atoms with E-state index in [4.69, 9.17) is 11.6 Å². The number of amides is 1. The van der Waals surface area contributed by atoms with Crippen LogP contribution >= 0.6 is 23.4 Å². The summed E-state index contributed by atoms with van der Waals surface area (Å²) in [7, 11) is 1.89. The number of rotatable bonds is 6. The van der Waals surface area contributed by atoms with Crippen molar-refractivity contribution < 1.29 is 4.79 Å². The third-order valence-corrected chi connectivity index (χ3v) is 4.52. The number of hydrogen-bond acceptors (Lipinski definition) is 4. The summed E-state index contributed by atoms with van der Waals surface area (Å²) < 4.78 is 1.89. The molecule has 1 atom stereocenters. The zero-order valence-electron chi connectivity index (χ0n) is 12.8. The molecule has 1 aromatic heterocycles. The van der Waals surface area contributed by atoms with E-state index in [0.717, 1.165) is 17.8 Å². The second-order valence-electron chi connectivity index (χ2n) is 4.92. The molecule has 2 rings (SSSR count). The van der Waals surface area contributed by atoms with E-state index < -0.39 is 0 Å². The van der Waals surface area contributed by atoms with Gasteiger partial charge in [0.1, 0.15) is 0 Å². The first kappa shape index (κ1) is 16.8. The summed E-state index contributed by atoms with van der Waals surface area (Å²) in [5.41, 5.74) is 0.939. The lowest BCUT2D eigenvalue weighted by Crippen LogP contribution is -2.31. The van der Waals surface area contributed by atoms with E-state index in [-0.39, 0.29) is 11.2 Å². The highest BCUT2D eigenvalue weighted by molar-refractivity contribution is 8.00. The maximum Gasteiger partial charge on any atom is 0.233 e. The minimum Gasteiger partial charge on any atom is -0.355 e. The average molecular weight is 339 g/mol. The molecule has 0 saturated carbocycles. The van der Waals surface area contributed by atoms with Crippen molar-refractivity contribution in [3.8, 4) is 11.4 Å². The second-order valence-corrected chi connectivity index (χ2v) is 6.67. The van der Waals surface area contributed by atoms with Crippen molar-refractivity contribution in [2.24, 2.45) is 7.05 Å². The Hall–Kier alpha value is -1.53. The van der Waals surface area contributed by atoms with E-state index in [0.29, 0.717) is 16.7 Å². The molecule has 0 bridgehead atoms. The van der Waals surface area contributed by atoms with Gasteiger partial charge in [0.25, 0.3) is 0 Å². The highest BCUT2D eigenvalue weighted by atomic mass is 35.5. The van der Waals surface area contributed by atoms with Gasteiger partial charge in [0.15, 0.2) is 11.0 Å². The Morgan fingerprint density at radius 1 is 1.36 bits per heavy atom. The minimum atomic E-state index is -0.215. The number of aromatic nitrogens is 3. The fourth-order valence-electron chi connectivity index (χ4n) is 1.87. The van der Waals surface area contributed by atoms with Gasteiger partial charge in [0.05, 0.1) is 5.25 Å². The Morgan fingerprint density at radius 2 is 2.05 bits per heavy atom. The summed E-state index contributed by atoms with van der Waals surface area (Å²) in [6.45, 7) is 4.59. The summed E-state index contributed by atoms with van der Waals surface area (Å²) >= 11 is 7.30. The third kappa shape index (κ3) is 4.01. The predicted molar refractivity (Wildman–Crippen MR) is 90.1 cm³/mol. The molecule has 0 spiro atoms. The van der Waals surface area contributed by atoms with E-state index in [1.54, 1.807) is 0 Å². The van der Waals surface area contributed by atoms with Gasteiger partial charge in [-0.05, 0) is 37.6 Å². The lowest BCUT2D eigenvalue weighted by molar-refractivity contribution is -0.120. The maximum atomic E-state index is 11.9. The van der Waals surface area contributed by atoms with Gasteiger partial charge in [0.2, 0.25) is 5.91 Å². The van der Waals surface area contributed by atoms with Crippen molar-refractivity contribution in [3.63, 3.8) is 0 Å². The van der Waals surface area contributed by atoms with Crippen molar-refractivity contribution in [2.45, 2.75) is 30.7 Å². The van der Waals surface area contributed by atoms with Crippen LogP contribution in [0.5, 0.6) is 0 Å². The van der Waals surface area contributed by atoms with Crippen LogP contribution in [0.15, 0.2) is 29.4 Å². The van der Waals surface area contributed by atoms with Crippen LogP contribution in [0.2, 0.25) is 5.02 Å². The second kappa shape index (κ2) is 7.65. The first-order chi connectivity index (χ1) is 10.5. The molecule has 0 radical (unpaired) electrons. The van der Waals surface area contributed by atoms with Gasteiger partial charge < -0.3 is 9.88 Å². The van der Waals surface area contributed by atoms with Gasteiger partial charge in [-0.3, -0.25) is 4.79 Å². The normalized spacial score (nSPS) is 12.2. The molecule has 0 fully saturated rings. The molecular formula is C15H19ClN4OS. The Balaban J connectivity index is 2.11. The first-order valence-electron chi connectivity index (χ1n) is 7.12. The first-order valence-corrected chi connectivity index (χ1v) is 8.38. The van der Waals surface area contributed by atoms with Crippen LogP contribution in [-0.2, 0) is 11.8 Å². The van der Waals surface area contributed by atoms with E-state index >= 15 is 0 Å². The van der Waals surface area contributed by atoms with Gasteiger partial charge in [-0.15, -0.1) is 10.2 Å². The molecule has 7 heteroatoms. The molecule has 1 amide bonds. The van der Waals surface area contributed by atoms with Crippen molar-refractivity contribution in [2.75, 3.05) is 6.54 Å². The Labute approximate surface area is 139 Å². The molecule has 118 valence electrons.